The Kier molecular flexibility index (Phi) is 6.86. The molecule has 1 N–H and O–H groups in total. The largest absolute Gasteiger partial charge is 0.573 e. The zero-order valence-corrected chi connectivity index (χ0v) is 19.6. The van der Waals surface area contributed by atoms with Crippen molar-refractivity contribution in [3.8, 4) is 11.4 Å². The Balaban J connectivity index is 1.68. The number of piperazine rings is 1. The fraction of sp³-hybridized carbons (Fsp3) is 0.348. The molecule has 1 saturated heterocycles. The van der Waals surface area contributed by atoms with E-state index in [9.17, 15) is 22.8 Å². The minimum absolute atomic E-state index is 0.193. The summed E-state index contributed by atoms with van der Waals surface area (Å²) in [5, 5.41) is 2.92. The number of benzene rings is 2. The van der Waals surface area contributed by atoms with Gasteiger partial charge in [0, 0.05) is 26.2 Å². The molecule has 1 unspecified atom stereocenters. The SMILES string of the molecule is Bc1ccc2c(=O)n(-c3ccc(OC(F)(F)F)c(NC(=O)C(C)N4CCN(C)CC4)c3)cnc2c1. The number of nitrogens with one attached hydrogen (secondary N) is 1. The molecule has 2 aromatic carbocycles. The summed E-state index contributed by atoms with van der Waals surface area (Å²) < 4.78 is 44.4. The quantitative estimate of drug-likeness (QED) is 0.544. The van der Waals surface area contributed by atoms with Crippen LogP contribution in [-0.4, -0.2) is 78.7 Å². The van der Waals surface area contributed by atoms with E-state index in [4.69, 9.17) is 0 Å². The maximum absolute atomic E-state index is 13.0. The lowest BCUT2D eigenvalue weighted by Crippen LogP contribution is -2.51. The summed E-state index contributed by atoms with van der Waals surface area (Å²) in [6, 6.07) is 8.29. The fourth-order valence-electron chi connectivity index (χ4n) is 4.01. The molecule has 1 atom stereocenters. The van der Waals surface area contributed by atoms with Gasteiger partial charge in [0.15, 0.2) is 5.75 Å². The van der Waals surface area contributed by atoms with Gasteiger partial charge in [-0.2, -0.15) is 0 Å². The van der Waals surface area contributed by atoms with Gasteiger partial charge < -0.3 is 15.0 Å². The van der Waals surface area contributed by atoms with Crippen molar-refractivity contribution in [2.75, 3.05) is 38.5 Å². The number of rotatable bonds is 5. The second-order valence-electron chi connectivity index (χ2n) is 8.67. The smallest absolute Gasteiger partial charge is 0.404 e. The van der Waals surface area contributed by atoms with Crippen LogP contribution in [0, 0.1) is 0 Å². The Labute approximate surface area is 200 Å². The van der Waals surface area contributed by atoms with E-state index >= 15 is 0 Å². The highest BCUT2D eigenvalue weighted by Gasteiger charge is 2.33. The number of fused-ring (bicyclic) bond motifs is 1. The molecule has 2 heterocycles. The van der Waals surface area contributed by atoms with Crippen LogP contribution in [0.2, 0.25) is 0 Å². The van der Waals surface area contributed by atoms with Gasteiger partial charge >= 0.3 is 6.36 Å². The van der Waals surface area contributed by atoms with Crippen LogP contribution in [0.25, 0.3) is 16.6 Å². The van der Waals surface area contributed by atoms with Crippen molar-refractivity contribution in [3.05, 3.63) is 53.1 Å². The minimum atomic E-state index is -4.96. The number of ether oxygens (including phenoxy) is 1. The average Bonchev–Trinajstić information content (AvgIpc) is 2.79. The van der Waals surface area contributed by atoms with E-state index in [-0.39, 0.29) is 16.9 Å². The number of amides is 1. The molecule has 0 aliphatic carbocycles. The predicted octanol–water partition coefficient (Wildman–Crippen LogP) is 1.12. The number of aromatic nitrogens is 2. The maximum atomic E-state index is 13.0. The molecule has 1 amide bonds. The first kappa shape index (κ1) is 24.7. The van der Waals surface area contributed by atoms with Gasteiger partial charge in [0.1, 0.15) is 14.2 Å². The number of halogens is 3. The third-order valence-electron chi connectivity index (χ3n) is 6.10. The topological polar surface area (TPSA) is 79.7 Å². The van der Waals surface area contributed by atoms with Crippen LogP contribution < -0.4 is 21.1 Å². The maximum Gasteiger partial charge on any atom is 0.573 e. The molecule has 1 fully saturated rings. The van der Waals surface area contributed by atoms with E-state index in [1.54, 1.807) is 25.1 Å². The summed E-state index contributed by atoms with van der Waals surface area (Å²) in [7, 11) is 3.86. The van der Waals surface area contributed by atoms with Crippen molar-refractivity contribution in [1.29, 1.82) is 0 Å². The van der Waals surface area contributed by atoms with Gasteiger partial charge in [-0.25, -0.2) is 4.98 Å². The third kappa shape index (κ3) is 5.65. The van der Waals surface area contributed by atoms with Gasteiger partial charge in [-0.15, -0.1) is 13.2 Å². The predicted molar refractivity (Wildman–Crippen MR) is 129 cm³/mol. The zero-order chi connectivity index (χ0) is 25.3. The lowest BCUT2D eigenvalue weighted by molar-refractivity contribution is -0.274. The standard InChI is InChI=1S/C23H25BF3N5O3/c1-14(31-9-7-30(2)8-10-31)21(33)29-19-12-16(4-6-20(19)35-23(25,26)27)32-13-28-18-11-15(24)3-5-17(18)22(32)34/h3-6,11-14H,7-10,24H2,1-2H3,(H,29,33). The molecule has 1 aliphatic rings. The van der Waals surface area contributed by atoms with Crippen LogP contribution in [0.15, 0.2) is 47.5 Å². The highest BCUT2D eigenvalue weighted by Crippen LogP contribution is 2.32. The van der Waals surface area contributed by atoms with E-state index < -0.39 is 24.1 Å². The number of anilines is 1. The Morgan fingerprint density at radius 2 is 1.86 bits per heavy atom. The lowest BCUT2D eigenvalue weighted by atomic mass is 9.95. The first-order valence-electron chi connectivity index (χ1n) is 11.1. The first-order chi connectivity index (χ1) is 16.5. The van der Waals surface area contributed by atoms with Crippen LogP contribution >= 0.6 is 0 Å². The van der Waals surface area contributed by atoms with E-state index in [2.05, 4.69) is 19.9 Å². The molecule has 8 nitrogen and oxygen atoms in total. The summed E-state index contributed by atoms with van der Waals surface area (Å²) in [6.45, 7) is 4.59. The number of carbonyl (C=O) groups is 1. The van der Waals surface area contributed by atoms with Crippen molar-refractivity contribution in [1.82, 2.24) is 19.4 Å². The van der Waals surface area contributed by atoms with Gasteiger partial charge in [-0.05, 0) is 44.3 Å². The second kappa shape index (κ2) is 9.71. The van der Waals surface area contributed by atoms with Crippen molar-refractivity contribution in [2.45, 2.75) is 19.3 Å². The molecule has 3 aromatic rings. The average molecular weight is 487 g/mol. The van der Waals surface area contributed by atoms with Crippen LogP contribution in [0.3, 0.4) is 0 Å². The lowest BCUT2D eigenvalue weighted by Gasteiger charge is -2.35. The molecule has 0 spiro atoms. The van der Waals surface area contributed by atoms with Gasteiger partial charge in [-0.1, -0.05) is 11.5 Å². The first-order valence-corrected chi connectivity index (χ1v) is 11.1. The molecular weight excluding hydrogens is 462 g/mol. The third-order valence-corrected chi connectivity index (χ3v) is 6.10. The Morgan fingerprint density at radius 1 is 1.14 bits per heavy atom. The highest BCUT2D eigenvalue weighted by molar-refractivity contribution is 6.33. The molecule has 0 radical (unpaired) electrons. The van der Waals surface area contributed by atoms with Gasteiger partial charge in [-0.3, -0.25) is 19.1 Å². The minimum Gasteiger partial charge on any atom is -0.404 e. The van der Waals surface area contributed by atoms with Gasteiger partial charge in [0.05, 0.1) is 28.3 Å². The van der Waals surface area contributed by atoms with Crippen LogP contribution in [-0.2, 0) is 4.79 Å². The van der Waals surface area contributed by atoms with E-state index in [1.165, 1.54) is 23.0 Å². The molecule has 184 valence electrons. The summed E-state index contributed by atoms with van der Waals surface area (Å²) in [5.41, 5.74) is 1.11. The monoisotopic (exact) mass is 487 g/mol. The molecule has 1 aliphatic heterocycles. The van der Waals surface area contributed by atoms with Crippen molar-refractivity contribution < 1.29 is 22.7 Å². The fourth-order valence-corrected chi connectivity index (χ4v) is 4.01. The molecule has 12 heteroatoms. The number of nitrogens with zero attached hydrogens (tertiary/aromatic N) is 4. The Hall–Kier alpha value is -3.38. The summed E-state index contributed by atoms with van der Waals surface area (Å²) in [5.74, 6) is -1.05. The van der Waals surface area contributed by atoms with Crippen LogP contribution in [0.1, 0.15) is 6.92 Å². The number of carbonyl (C=O) groups excluding carboxylic acids is 1. The summed E-state index contributed by atoms with van der Waals surface area (Å²) in [6.07, 6.45) is -3.65. The number of hydrogen-bond donors (Lipinski definition) is 1. The van der Waals surface area contributed by atoms with E-state index in [0.717, 1.165) is 24.6 Å². The number of alkyl halides is 3. The van der Waals surface area contributed by atoms with Crippen LogP contribution in [0.5, 0.6) is 5.75 Å². The van der Waals surface area contributed by atoms with Crippen LogP contribution in [0.4, 0.5) is 18.9 Å². The number of likely N-dealkylation sites (N-methyl/N-ethyl adjacent to an activating group) is 1. The van der Waals surface area contributed by atoms with E-state index in [1.807, 2.05) is 19.8 Å². The van der Waals surface area contributed by atoms with Gasteiger partial charge in [0.25, 0.3) is 5.56 Å². The molecule has 35 heavy (non-hydrogen) atoms. The van der Waals surface area contributed by atoms with Crippen molar-refractivity contribution >= 4 is 35.8 Å². The molecule has 0 saturated carbocycles. The number of hydrogen-bond acceptors (Lipinski definition) is 6. The van der Waals surface area contributed by atoms with Crippen molar-refractivity contribution in [2.24, 2.45) is 0 Å². The summed E-state index contributed by atoms with van der Waals surface area (Å²) in [4.78, 5) is 34.4. The zero-order valence-electron chi connectivity index (χ0n) is 19.6. The second-order valence-corrected chi connectivity index (χ2v) is 8.67. The van der Waals surface area contributed by atoms with Crippen molar-refractivity contribution in [3.63, 3.8) is 0 Å². The normalized spacial score (nSPS) is 16.3. The Morgan fingerprint density at radius 3 is 2.54 bits per heavy atom. The molecule has 4 rings (SSSR count). The molecule has 1 aromatic heterocycles. The van der Waals surface area contributed by atoms with Gasteiger partial charge in [0.2, 0.25) is 5.91 Å². The Bertz CT molecular complexity index is 1310. The molecule has 0 bridgehead atoms. The van der Waals surface area contributed by atoms with E-state index in [0.29, 0.717) is 24.0 Å². The summed E-state index contributed by atoms with van der Waals surface area (Å²) >= 11 is 0. The molecular formula is C23H25BF3N5O3. The highest BCUT2D eigenvalue weighted by atomic mass is 19.4.